The van der Waals surface area contributed by atoms with Crippen molar-refractivity contribution in [2.75, 3.05) is 0 Å². The zero-order chi connectivity index (χ0) is 11.8. The van der Waals surface area contributed by atoms with Crippen molar-refractivity contribution in [3.8, 4) is 11.4 Å². The van der Waals surface area contributed by atoms with Gasteiger partial charge in [0, 0.05) is 28.2 Å². The lowest BCUT2D eigenvalue weighted by Crippen LogP contribution is -2.10. The van der Waals surface area contributed by atoms with Gasteiger partial charge < -0.3 is 4.52 Å². The van der Waals surface area contributed by atoms with Gasteiger partial charge >= 0.3 is 0 Å². The van der Waals surface area contributed by atoms with Gasteiger partial charge in [0.05, 0.1) is 0 Å². The third-order valence-electron chi connectivity index (χ3n) is 2.41. The summed E-state index contributed by atoms with van der Waals surface area (Å²) in [6, 6.07) is 8.28. The van der Waals surface area contributed by atoms with Crippen molar-refractivity contribution in [1.29, 1.82) is 0 Å². The molecule has 3 nitrogen and oxygen atoms in total. The number of rotatable bonds is 1. The highest BCUT2D eigenvalue weighted by molar-refractivity contribution is 14.1. The molecular weight excluding hydrogens is 315 g/mol. The van der Waals surface area contributed by atoms with Crippen LogP contribution in [0, 0.1) is 3.90 Å². The van der Waals surface area contributed by atoms with Crippen LogP contribution >= 0.6 is 22.6 Å². The Balaban J connectivity index is 2.33. The van der Waals surface area contributed by atoms with Crippen LogP contribution in [0.4, 0.5) is 0 Å². The molecule has 0 amide bonds. The van der Waals surface area contributed by atoms with E-state index in [1.54, 1.807) is 0 Å². The van der Waals surface area contributed by atoms with Crippen LogP contribution in [0.3, 0.4) is 0 Å². The standard InChI is InChI=1S/C12H13IN2O/c1-12(2,3)9-6-4-8(5-7-9)10-14-11(13)16-15-10/h4-7H,1-3H3. The Hall–Kier alpha value is -0.910. The fourth-order valence-corrected chi connectivity index (χ4v) is 1.77. The molecule has 2 rings (SSSR count). The second-order valence-electron chi connectivity index (χ2n) is 4.70. The second kappa shape index (κ2) is 4.16. The topological polar surface area (TPSA) is 38.9 Å². The summed E-state index contributed by atoms with van der Waals surface area (Å²) in [5, 5.41) is 3.88. The van der Waals surface area contributed by atoms with Crippen LogP contribution in [0.5, 0.6) is 0 Å². The van der Waals surface area contributed by atoms with Crippen LogP contribution in [0.15, 0.2) is 28.8 Å². The minimum Gasteiger partial charge on any atom is -0.328 e. The molecule has 0 radical (unpaired) electrons. The Morgan fingerprint density at radius 3 is 2.19 bits per heavy atom. The van der Waals surface area contributed by atoms with Gasteiger partial charge in [-0.2, -0.15) is 4.98 Å². The molecule has 0 saturated heterocycles. The van der Waals surface area contributed by atoms with Gasteiger partial charge in [-0.25, -0.2) is 0 Å². The molecule has 0 bridgehead atoms. The highest BCUT2D eigenvalue weighted by Crippen LogP contribution is 2.24. The van der Waals surface area contributed by atoms with Gasteiger partial charge in [-0.3, -0.25) is 0 Å². The van der Waals surface area contributed by atoms with Crippen LogP contribution in [-0.2, 0) is 5.41 Å². The van der Waals surface area contributed by atoms with Gasteiger partial charge in [0.15, 0.2) is 0 Å². The van der Waals surface area contributed by atoms with E-state index in [1.165, 1.54) is 5.56 Å². The first-order chi connectivity index (χ1) is 7.47. The van der Waals surface area contributed by atoms with Gasteiger partial charge in [0.2, 0.25) is 5.82 Å². The Morgan fingerprint density at radius 1 is 1.12 bits per heavy atom. The molecule has 1 aromatic carbocycles. The van der Waals surface area contributed by atoms with E-state index >= 15 is 0 Å². The summed E-state index contributed by atoms with van der Waals surface area (Å²) in [4.78, 5) is 4.18. The molecular formula is C12H13IN2O. The third kappa shape index (κ3) is 2.42. The van der Waals surface area contributed by atoms with Gasteiger partial charge in [0.25, 0.3) is 3.90 Å². The van der Waals surface area contributed by atoms with Crippen LogP contribution in [0.1, 0.15) is 26.3 Å². The first-order valence-corrected chi connectivity index (χ1v) is 6.15. The Morgan fingerprint density at radius 2 is 1.75 bits per heavy atom. The number of hydrogen-bond donors (Lipinski definition) is 0. The van der Waals surface area contributed by atoms with E-state index in [1.807, 2.05) is 34.7 Å². The average Bonchev–Trinajstić information content (AvgIpc) is 2.64. The fourth-order valence-electron chi connectivity index (χ4n) is 1.44. The molecule has 0 N–H and O–H groups in total. The SMILES string of the molecule is CC(C)(C)c1ccc(-c2noc(I)n2)cc1. The summed E-state index contributed by atoms with van der Waals surface area (Å²) in [5.41, 5.74) is 2.46. The number of halogens is 1. The number of benzene rings is 1. The average molecular weight is 328 g/mol. The number of nitrogens with zero attached hydrogens (tertiary/aromatic N) is 2. The highest BCUT2D eigenvalue weighted by atomic mass is 127. The minimum atomic E-state index is 0.171. The maximum atomic E-state index is 4.94. The Bertz CT molecular complexity index is 482. The molecule has 0 aliphatic rings. The maximum Gasteiger partial charge on any atom is 0.287 e. The van der Waals surface area contributed by atoms with Crippen LogP contribution < -0.4 is 0 Å². The normalized spacial score (nSPS) is 11.8. The largest absolute Gasteiger partial charge is 0.328 e. The van der Waals surface area contributed by atoms with Crippen LogP contribution in [0.2, 0.25) is 0 Å². The lowest BCUT2D eigenvalue weighted by Gasteiger charge is -2.18. The first-order valence-electron chi connectivity index (χ1n) is 5.07. The van der Waals surface area contributed by atoms with E-state index in [0.29, 0.717) is 9.72 Å². The van der Waals surface area contributed by atoms with E-state index < -0.39 is 0 Å². The zero-order valence-corrected chi connectivity index (χ0v) is 11.6. The van der Waals surface area contributed by atoms with Crippen molar-refractivity contribution in [2.45, 2.75) is 26.2 Å². The predicted octanol–water partition coefficient (Wildman–Crippen LogP) is 3.64. The molecule has 0 aliphatic heterocycles. The summed E-state index contributed by atoms with van der Waals surface area (Å²) in [7, 11) is 0. The first kappa shape index (κ1) is 11.6. The van der Waals surface area contributed by atoms with E-state index in [2.05, 4.69) is 43.0 Å². The summed E-state index contributed by atoms with van der Waals surface area (Å²) < 4.78 is 5.50. The van der Waals surface area contributed by atoms with Gasteiger partial charge in [-0.15, -0.1) is 0 Å². The molecule has 1 heterocycles. The van der Waals surface area contributed by atoms with Crippen LogP contribution in [0.25, 0.3) is 11.4 Å². The Labute approximate surface area is 108 Å². The molecule has 0 saturated carbocycles. The summed E-state index contributed by atoms with van der Waals surface area (Å²) >= 11 is 2.01. The van der Waals surface area contributed by atoms with E-state index in [9.17, 15) is 0 Å². The lowest BCUT2D eigenvalue weighted by atomic mass is 9.87. The fraction of sp³-hybridized carbons (Fsp3) is 0.333. The molecule has 0 aliphatic carbocycles. The van der Waals surface area contributed by atoms with Crippen molar-refractivity contribution < 1.29 is 4.52 Å². The minimum absolute atomic E-state index is 0.171. The highest BCUT2D eigenvalue weighted by Gasteiger charge is 2.14. The Kier molecular flexibility index (Phi) is 3.01. The molecule has 0 fully saturated rings. The summed E-state index contributed by atoms with van der Waals surface area (Å²) in [6.07, 6.45) is 0. The van der Waals surface area contributed by atoms with E-state index in [4.69, 9.17) is 4.52 Å². The molecule has 0 unspecified atom stereocenters. The van der Waals surface area contributed by atoms with Crippen molar-refractivity contribution in [1.82, 2.24) is 10.1 Å². The third-order valence-corrected chi connectivity index (χ3v) is 2.85. The van der Waals surface area contributed by atoms with E-state index in [0.717, 1.165) is 5.56 Å². The van der Waals surface area contributed by atoms with Crippen molar-refractivity contribution in [2.24, 2.45) is 0 Å². The number of hydrogen-bond acceptors (Lipinski definition) is 3. The van der Waals surface area contributed by atoms with Crippen LogP contribution in [-0.4, -0.2) is 10.1 Å². The van der Waals surface area contributed by atoms with Gasteiger partial charge in [0.1, 0.15) is 0 Å². The molecule has 2 aromatic rings. The zero-order valence-electron chi connectivity index (χ0n) is 9.49. The van der Waals surface area contributed by atoms with Gasteiger partial charge in [-0.1, -0.05) is 50.2 Å². The lowest BCUT2D eigenvalue weighted by molar-refractivity contribution is 0.394. The molecule has 0 spiro atoms. The predicted molar refractivity (Wildman–Crippen MR) is 71.2 cm³/mol. The maximum absolute atomic E-state index is 4.94. The molecule has 84 valence electrons. The van der Waals surface area contributed by atoms with Gasteiger partial charge in [-0.05, 0) is 11.0 Å². The quantitative estimate of drug-likeness (QED) is 0.750. The van der Waals surface area contributed by atoms with E-state index in [-0.39, 0.29) is 5.41 Å². The molecule has 16 heavy (non-hydrogen) atoms. The second-order valence-corrected chi connectivity index (χ2v) is 5.62. The van der Waals surface area contributed by atoms with Crippen molar-refractivity contribution >= 4 is 22.6 Å². The number of aromatic nitrogens is 2. The molecule has 0 atom stereocenters. The van der Waals surface area contributed by atoms with Crippen molar-refractivity contribution in [3.05, 3.63) is 33.7 Å². The summed E-state index contributed by atoms with van der Waals surface area (Å²) in [5.74, 6) is 0.643. The summed E-state index contributed by atoms with van der Waals surface area (Å²) in [6.45, 7) is 6.58. The van der Waals surface area contributed by atoms with Crippen molar-refractivity contribution in [3.63, 3.8) is 0 Å². The molecule has 1 aromatic heterocycles. The molecule has 4 heteroatoms. The monoisotopic (exact) mass is 328 g/mol. The smallest absolute Gasteiger partial charge is 0.287 e.